The number of cyclic esters (lactones) is 2. The molecule has 0 bridgehead atoms. The second-order valence-corrected chi connectivity index (χ2v) is 8.02. The Bertz CT molecular complexity index is 913. The highest BCUT2D eigenvalue weighted by atomic mass is 32.1. The molecule has 0 unspecified atom stereocenters. The van der Waals surface area contributed by atoms with Crippen LogP contribution in [-0.4, -0.2) is 30.1 Å². The molecule has 8 heteroatoms. The van der Waals surface area contributed by atoms with Crippen molar-refractivity contribution in [1.82, 2.24) is 4.98 Å². The van der Waals surface area contributed by atoms with Gasteiger partial charge in [-0.25, -0.2) is 4.98 Å². The Balaban J connectivity index is 1.58. The molecule has 4 rings (SSSR count). The summed E-state index contributed by atoms with van der Waals surface area (Å²) in [7, 11) is 1.61. The van der Waals surface area contributed by atoms with E-state index in [0.29, 0.717) is 23.0 Å². The summed E-state index contributed by atoms with van der Waals surface area (Å²) < 4.78 is 16.2. The first-order chi connectivity index (χ1) is 12.9. The van der Waals surface area contributed by atoms with Crippen LogP contribution >= 0.6 is 11.3 Å². The van der Waals surface area contributed by atoms with Crippen molar-refractivity contribution in [3.8, 4) is 5.75 Å². The lowest BCUT2D eigenvalue weighted by atomic mass is 9.78. The van der Waals surface area contributed by atoms with Crippen LogP contribution in [-0.2, 0) is 24.7 Å². The first kappa shape index (κ1) is 17.8. The molecule has 0 radical (unpaired) electrons. The first-order valence-electron chi connectivity index (χ1n) is 8.67. The molecule has 2 saturated heterocycles. The number of ether oxygens (including phenoxy) is 3. The fourth-order valence-electron chi connectivity index (χ4n) is 3.79. The van der Waals surface area contributed by atoms with Crippen LogP contribution in [0.3, 0.4) is 0 Å². The van der Waals surface area contributed by atoms with Gasteiger partial charge in [0.2, 0.25) is 0 Å². The Hall–Kier alpha value is -2.61. The molecular formula is C19H20N2O5S. The van der Waals surface area contributed by atoms with Crippen LogP contribution in [0, 0.1) is 5.41 Å². The summed E-state index contributed by atoms with van der Waals surface area (Å²) in [4.78, 5) is 29.4. The lowest BCUT2D eigenvalue weighted by Gasteiger charge is -2.20. The van der Waals surface area contributed by atoms with E-state index in [9.17, 15) is 9.59 Å². The van der Waals surface area contributed by atoms with Crippen molar-refractivity contribution < 1.29 is 23.8 Å². The highest BCUT2D eigenvalue weighted by molar-refractivity contribution is 7.13. The van der Waals surface area contributed by atoms with Gasteiger partial charge < -0.3 is 19.5 Å². The van der Waals surface area contributed by atoms with Crippen LogP contribution in [0.1, 0.15) is 32.4 Å². The van der Waals surface area contributed by atoms with E-state index in [1.807, 2.05) is 29.6 Å². The van der Waals surface area contributed by atoms with Crippen LogP contribution in [0.5, 0.6) is 5.75 Å². The van der Waals surface area contributed by atoms with Gasteiger partial charge in [0, 0.05) is 18.2 Å². The zero-order valence-electron chi connectivity index (χ0n) is 15.3. The lowest BCUT2D eigenvalue weighted by molar-refractivity contribution is -0.160. The number of nitrogens with zero attached hydrogens (tertiary/aromatic N) is 1. The molecule has 2 fully saturated rings. The third-order valence-electron chi connectivity index (χ3n) is 5.08. The second-order valence-electron chi connectivity index (χ2n) is 7.16. The average molecular weight is 388 g/mol. The number of carbonyl (C=O) groups is 2. The van der Waals surface area contributed by atoms with Crippen molar-refractivity contribution in [3.63, 3.8) is 0 Å². The van der Waals surface area contributed by atoms with Crippen LogP contribution in [0.2, 0.25) is 0 Å². The van der Waals surface area contributed by atoms with Crippen molar-refractivity contribution in [1.29, 1.82) is 0 Å². The quantitative estimate of drug-likeness (QED) is 0.635. The minimum Gasteiger partial charge on any atom is -0.495 e. The summed E-state index contributed by atoms with van der Waals surface area (Å²) in [5.74, 6) is -0.313. The summed E-state index contributed by atoms with van der Waals surface area (Å²) in [6.45, 7) is 3.57. The topological polar surface area (TPSA) is 86.8 Å². The maximum absolute atomic E-state index is 12.5. The Morgan fingerprint density at radius 3 is 2.78 bits per heavy atom. The second kappa shape index (κ2) is 6.23. The van der Waals surface area contributed by atoms with E-state index >= 15 is 0 Å². The van der Waals surface area contributed by atoms with E-state index < -0.39 is 23.0 Å². The fourth-order valence-corrected chi connectivity index (χ4v) is 4.63. The van der Waals surface area contributed by atoms with Crippen molar-refractivity contribution in [2.75, 3.05) is 12.4 Å². The third-order valence-corrected chi connectivity index (χ3v) is 5.83. The smallest absolute Gasteiger partial charge is 0.324 e. The molecular weight excluding hydrogens is 368 g/mol. The van der Waals surface area contributed by atoms with Crippen molar-refractivity contribution in [2.24, 2.45) is 5.41 Å². The standard InChI is InChI=1S/C19H20N2O5S/c1-11-8-19(15(22)25-11)10-18(2,26-16(19)23)14-9-27-17(21-14)20-12-6-4-5-7-13(12)24-3/h4-7,9,11H,8,10H2,1-3H3,(H,20,21)/t11-,18-,19+/m0/s1. The molecule has 2 aromatic rings. The van der Waals surface area contributed by atoms with E-state index in [4.69, 9.17) is 14.2 Å². The number of hydrogen-bond donors (Lipinski definition) is 1. The Kier molecular flexibility index (Phi) is 4.10. The van der Waals surface area contributed by atoms with Crippen molar-refractivity contribution >= 4 is 34.1 Å². The maximum Gasteiger partial charge on any atom is 0.324 e. The highest BCUT2D eigenvalue weighted by Gasteiger charge is 2.65. The average Bonchev–Trinajstić information content (AvgIpc) is 3.27. The third kappa shape index (κ3) is 2.84. The van der Waals surface area contributed by atoms with Crippen molar-refractivity contribution in [2.45, 2.75) is 38.4 Å². The summed E-state index contributed by atoms with van der Waals surface area (Å²) >= 11 is 1.40. The van der Waals surface area contributed by atoms with E-state index in [-0.39, 0.29) is 12.5 Å². The zero-order chi connectivity index (χ0) is 19.2. The van der Waals surface area contributed by atoms with E-state index in [2.05, 4.69) is 10.3 Å². The molecule has 0 saturated carbocycles. The zero-order valence-corrected chi connectivity index (χ0v) is 16.1. The van der Waals surface area contributed by atoms with Crippen LogP contribution in [0.4, 0.5) is 10.8 Å². The molecule has 1 N–H and O–H groups in total. The monoisotopic (exact) mass is 388 g/mol. The van der Waals surface area contributed by atoms with Gasteiger partial charge in [-0.1, -0.05) is 12.1 Å². The molecule has 2 aliphatic rings. The van der Waals surface area contributed by atoms with Crippen molar-refractivity contribution in [3.05, 3.63) is 35.3 Å². The number of aromatic nitrogens is 1. The van der Waals surface area contributed by atoms with Gasteiger partial charge in [0.15, 0.2) is 16.1 Å². The number of carbonyl (C=O) groups excluding carboxylic acids is 2. The number of anilines is 2. The minimum atomic E-state index is -1.21. The van der Waals surface area contributed by atoms with Gasteiger partial charge in [0.25, 0.3) is 0 Å². The molecule has 2 aliphatic heterocycles. The van der Waals surface area contributed by atoms with E-state index in [1.54, 1.807) is 21.0 Å². The molecule has 3 heterocycles. The van der Waals surface area contributed by atoms with Gasteiger partial charge in [0.05, 0.1) is 18.5 Å². The van der Waals surface area contributed by atoms with Crippen LogP contribution in [0.15, 0.2) is 29.6 Å². The number of hydrogen-bond acceptors (Lipinski definition) is 8. The fraction of sp³-hybridized carbons (Fsp3) is 0.421. The highest BCUT2D eigenvalue weighted by Crippen LogP contribution is 2.52. The normalized spacial score (nSPS) is 29.7. The number of para-hydroxylation sites is 2. The number of methoxy groups -OCH3 is 1. The molecule has 7 nitrogen and oxygen atoms in total. The number of nitrogens with one attached hydrogen (secondary N) is 1. The van der Waals surface area contributed by atoms with Gasteiger partial charge in [-0.15, -0.1) is 11.3 Å². The van der Waals surface area contributed by atoms with Crippen LogP contribution in [0.25, 0.3) is 0 Å². The van der Waals surface area contributed by atoms with Gasteiger partial charge in [-0.05, 0) is 26.0 Å². The molecule has 1 aromatic heterocycles. The number of esters is 2. The molecule has 142 valence electrons. The van der Waals surface area contributed by atoms with Gasteiger partial charge in [0.1, 0.15) is 11.9 Å². The van der Waals surface area contributed by atoms with Gasteiger partial charge >= 0.3 is 11.9 Å². The maximum atomic E-state index is 12.5. The summed E-state index contributed by atoms with van der Waals surface area (Å²) in [5, 5.41) is 5.71. The molecule has 1 spiro atoms. The molecule has 0 amide bonds. The first-order valence-corrected chi connectivity index (χ1v) is 9.55. The summed E-state index contributed by atoms with van der Waals surface area (Å²) in [5.41, 5.74) is -0.771. The largest absolute Gasteiger partial charge is 0.495 e. The predicted molar refractivity (Wildman–Crippen MR) is 99.1 cm³/mol. The Morgan fingerprint density at radius 2 is 2.07 bits per heavy atom. The SMILES string of the molecule is COc1ccccc1Nc1nc([C@]2(C)C[C@@]3(C[C@H](C)OC3=O)C(=O)O2)cs1. The molecule has 27 heavy (non-hydrogen) atoms. The van der Waals surface area contributed by atoms with E-state index in [0.717, 1.165) is 5.69 Å². The molecule has 1 aromatic carbocycles. The summed E-state index contributed by atoms with van der Waals surface area (Å²) in [6.07, 6.45) is 0.293. The minimum absolute atomic E-state index is 0.236. The van der Waals surface area contributed by atoms with E-state index in [1.165, 1.54) is 11.3 Å². The number of rotatable bonds is 4. The van der Waals surface area contributed by atoms with Gasteiger partial charge in [-0.2, -0.15) is 0 Å². The Morgan fingerprint density at radius 1 is 1.30 bits per heavy atom. The molecule has 0 aliphatic carbocycles. The van der Waals surface area contributed by atoms with Gasteiger partial charge in [-0.3, -0.25) is 9.59 Å². The predicted octanol–water partition coefficient (Wildman–Crippen LogP) is 3.38. The lowest BCUT2D eigenvalue weighted by Crippen LogP contribution is -2.31. The summed E-state index contributed by atoms with van der Waals surface area (Å²) in [6, 6.07) is 7.53. The Labute approximate surface area is 160 Å². The number of thiazole rings is 1. The molecule has 3 atom stereocenters. The number of benzene rings is 1. The van der Waals surface area contributed by atoms with Crippen LogP contribution < -0.4 is 10.1 Å².